The minimum atomic E-state index is 0.133. The quantitative estimate of drug-likeness (QED) is 0.488. The number of nitrogens with zero attached hydrogens (tertiary/aromatic N) is 6. The fourth-order valence-corrected chi connectivity index (χ4v) is 3.37. The van der Waals surface area contributed by atoms with Gasteiger partial charge < -0.3 is 24.0 Å². The molecule has 2 aliphatic heterocycles. The molecule has 10 heteroatoms. The Morgan fingerprint density at radius 1 is 1.00 bits per heavy atom. The van der Waals surface area contributed by atoms with Gasteiger partial charge in [-0.25, -0.2) is 5.43 Å². The van der Waals surface area contributed by atoms with Crippen molar-refractivity contribution in [1.82, 2.24) is 15.0 Å². The van der Waals surface area contributed by atoms with Gasteiger partial charge in [0.2, 0.25) is 17.8 Å². The summed E-state index contributed by atoms with van der Waals surface area (Å²) in [6.07, 6.45) is 2.79. The highest BCUT2D eigenvalue weighted by Gasteiger charge is 2.20. The molecule has 10 nitrogen and oxygen atoms in total. The largest absolute Gasteiger partial charge is 0.490 e. The molecule has 0 amide bonds. The minimum Gasteiger partial charge on any atom is -0.490 e. The van der Waals surface area contributed by atoms with Crippen LogP contribution in [0, 0.1) is 0 Å². The lowest BCUT2D eigenvalue weighted by Gasteiger charge is -2.30. The molecule has 2 aliphatic rings. The summed E-state index contributed by atoms with van der Waals surface area (Å²) >= 11 is 0. The first-order chi connectivity index (χ1) is 15.7. The monoisotopic (exact) mass is 441 g/mol. The van der Waals surface area contributed by atoms with Gasteiger partial charge in [0.1, 0.15) is 5.75 Å². The summed E-state index contributed by atoms with van der Waals surface area (Å²) in [5.41, 5.74) is 3.87. The molecule has 1 aromatic heterocycles. The summed E-state index contributed by atoms with van der Waals surface area (Å²) in [6, 6.07) is 7.83. The van der Waals surface area contributed by atoms with Gasteiger partial charge in [0, 0.05) is 31.7 Å². The first-order valence-electron chi connectivity index (χ1n) is 11.2. The second-order valence-electron chi connectivity index (χ2n) is 7.70. The van der Waals surface area contributed by atoms with Crippen molar-refractivity contribution in [3.8, 4) is 5.75 Å². The maximum Gasteiger partial charge on any atom is 0.250 e. The van der Waals surface area contributed by atoms with Crippen LogP contribution in [0.5, 0.6) is 5.75 Å². The average Bonchev–Trinajstić information content (AvgIpc) is 2.86. The maximum absolute atomic E-state index is 6.00. The topological polar surface area (TPSA) is 97.2 Å². The molecule has 1 atom stereocenters. The summed E-state index contributed by atoms with van der Waals surface area (Å²) in [5.74, 6) is 2.46. The van der Waals surface area contributed by atoms with Crippen molar-refractivity contribution in [2.75, 3.05) is 67.8 Å². The molecule has 32 heavy (non-hydrogen) atoms. The van der Waals surface area contributed by atoms with Crippen LogP contribution in [0.2, 0.25) is 0 Å². The molecule has 0 aliphatic carbocycles. The van der Waals surface area contributed by atoms with Gasteiger partial charge >= 0.3 is 0 Å². The smallest absolute Gasteiger partial charge is 0.250 e. The molecule has 0 saturated carbocycles. The second kappa shape index (κ2) is 11.1. The Bertz CT molecular complexity index is 863. The Morgan fingerprint density at radius 3 is 2.19 bits per heavy atom. The number of hydrogen-bond acceptors (Lipinski definition) is 10. The van der Waals surface area contributed by atoms with E-state index in [-0.39, 0.29) is 6.10 Å². The molecule has 0 bridgehead atoms. The van der Waals surface area contributed by atoms with Gasteiger partial charge in [-0.2, -0.15) is 20.1 Å². The third-order valence-corrected chi connectivity index (χ3v) is 5.39. The lowest BCUT2D eigenvalue weighted by atomic mass is 10.2. The Kier molecular flexibility index (Phi) is 7.68. The van der Waals surface area contributed by atoms with Crippen LogP contribution in [0.25, 0.3) is 0 Å². The van der Waals surface area contributed by atoms with E-state index in [9.17, 15) is 0 Å². The average molecular weight is 442 g/mol. The van der Waals surface area contributed by atoms with E-state index in [1.54, 1.807) is 6.21 Å². The van der Waals surface area contributed by atoms with E-state index in [2.05, 4.69) is 44.1 Å². The van der Waals surface area contributed by atoms with E-state index in [0.717, 1.165) is 43.9 Å². The number of nitrogens with one attached hydrogen (secondary N) is 1. The molecule has 1 aromatic carbocycles. The molecule has 0 spiro atoms. The van der Waals surface area contributed by atoms with Crippen molar-refractivity contribution in [1.29, 1.82) is 0 Å². The number of morpholine rings is 2. The van der Waals surface area contributed by atoms with Crippen LogP contribution in [0.15, 0.2) is 29.4 Å². The van der Waals surface area contributed by atoms with E-state index in [1.165, 1.54) is 0 Å². The normalized spacial score (nSPS) is 18.1. The lowest BCUT2D eigenvalue weighted by Crippen LogP contribution is -2.40. The first-order valence-corrected chi connectivity index (χ1v) is 11.2. The second-order valence-corrected chi connectivity index (χ2v) is 7.70. The molecular weight excluding hydrogens is 410 g/mol. The van der Waals surface area contributed by atoms with Gasteiger partial charge in [-0.05, 0) is 25.5 Å². The highest BCUT2D eigenvalue weighted by molar-refractivity contribution is 5.83. The zero-order valence-electron chi connectivity index (χ0n) is 18.7. The van der Waals surface area contributed by atoms with Crippen molar-refractivity contribution in [3.63, 3.8) is 0 Å². The fourth-order valence-electron chi connectivity index (χ4n) is 3.37. The maximum atomic E-state index is 6.00. The van der Waals surface area contributed by atoms with E-state index in [1.807, 2.05) is 24.3 Å². The van der Waals surface area contributed by atoms with E-state index < -0.39 is 0 Å². The summed E-state index contributed by atoms with van der Waals surface area (Å²) in [5, 5.41) is 4.38. The molecule has 3 heterocycles. The molecule has 2 aromatic rings. The Labute approximate surface area is 188 Å². The zero-order valence-corrected chi connectivity index (χ0v) is 18.7. The zero-order chi connectivity index (χ0) is 22.2. The standard InChI is InChI=1S/C22H31N7O3/c1-3-17(2)32-19-7-5-4-6-18(19)16-23-27-20-24-21(28-8-12-30-13-9-28)26-22(25-20)29-10-14-31-15-11-29/h4-7,16-17H,3,8-15H2,1-2H3,(H,24,25,26,27)/b23-16-/t17-/m0/s1. The molecular formula is C22H31N7O3. The SMILES string of the molecule is CC[C@H](C)Oc1ccccc1/C=N\Nc1nc(N2CCOCC2)nc(N2CCOCC2)n1. The van der Waals surface area contributed by atoms with Crippen LogP contribution in [0.3, 0.4) is 0 Å². The fraction of sp³-hybridized carbons (Fsp3) is 0.545. The van der Waals surface area contributed by atoms with Crippen LogP contribution in [-0.4, -0.2) is 79.9 Å². The van der Waals surface area contributed by atoms with Crippen molar-refractivity contribution < 1.29 is 14.2 Å². The molecule has 4 rings (SSSR count). The van der Waals surface area contributed by atoms with E-state index in [4.69, 9.17) is 19.2 Å². The summed E-state index contributed by atoms with van der Waals surface area (Å²) in [4.78, 5) is 18.1. The Balaban J connectivity index is 1.53. The molecule has 1 N–H and O–H groups in total. The van der Waals surface area contributed by atoms with Crippen molar-refractivity contribution in [2.45, 2.75) is 26.4 Å². The summed E-state index contributed by atoms with van der Waals surface area (Å²) in [7, 11) is 0. The number of aromatic nitrogens is 3. The minimum absolute atomic E-state index is 0.133. The van der Waals surface area contributed by atoms with Crippen LogP contribution < -0.4 is 20.0 Å². The van der Waals surface area contributed by atoms with Gasteiger partial charge in [-0.15, -0.1) is 0 Å². The third kappa shape index (κ3) is 5.83. The molecule has 2 saturated heterocycles. The Hall–Kier alpha value is -2.98. The van der Waals surface area contributed by atoms with Crippen molar-refractivity contribution in [3.05, 3.63) is 29.8 Å². The number of benzene rings is 1. The van der Waals surface area contributed by atoms with Crippen LogP contribution >= 0.6 is 0 Å². The highest BCUT2D eigenvalue weighted by atomic mass is 16.5. The summed E-state index contributed by atoms with van der Waals surface area (Å²) < 4.78 is 16.9. The number of hydrogen-bond donors (Lipinski definition) is 1. The van der Waals surface area contributed by atoms with Crippen LogP contribution in [0.4, 0.5) is 17.8 Å². The van der Waals surface area contributed by atoms with Crippen molar-refractivity contribution >= 4 is 24.1 Å². The Morgan fingerprint density at radius 2 is 1.59 bits per heavy atom. The van der Waals surface area contributed by atoms with Crippen LogP contribution in [-0.2, 0) is 9.47 Å². The predicted octanol–water partition coefficient (Wildman–Crippen LogP) is 2.17. The summed E-state index contributed by atoms with van der Waals surface area (Å²) in [6.45, 7) is 9.77. The van der Waals surface area contributed by atoms with E-state index >= 15 is 0 Å². The van der Waals surface area contributed by atoms with Gasteiger partial charge in [0.15, 0.2) is 0 Å². The van der Waals surface area contributed by atoms with Gasteiger partial charge in [-0.3, -0.25) is 0 Å². The lowest BCUT2D eigenvalue weighted by molar-refractivity contribution is 0.121. The predicted molar refractivity (Wildman–Crippen MR) is 124 cm³/mol. The third-order valence-electron chi connectivity index (χ3n) is 5.39. The number of para-hydroxylation sites is 1. The van der Waals surface area contributed by atoms with Gasteiger partial charge in [0.25, 0.3) is 0 Å². The van der Waals surface area contributed by atoms with Crippen molar-refractivity contribution in [2.24, 2.45) is 5.10 Å². The number of hydrazone groups is 1. The molecule has 0 radical (unpaired) electrons. The molecule has 0 unspecified atom stereocenters. The number of ether oxygens (including phenoxy) is 3. The molecule has 172 valence electrons. The first kappa shape index (κ1) is 22.2. The van der Waals surface area contributed by atoms with Crippen LogP contribution in [0.1, 0.15) is 25.8 Å². The number of anilines is 3. The van der Waals surface area contributed by atoms with E-state index in [0.29, 0.717) is 44.3 Å². The highest BCUT2D eigenvalue weighted by Crippen LogP contribution is 2.20. The van der Waals surface area contributed by atoms with Gasteiger partial charge in [-0.1, -0.05) is 19.1 Å². The number of rotatable bonds is 8. The molecule has 2 fully saturated rings. The van der Waals surface area contributed by atoms with Gasteiger partial charge in [0.05, 0.1) is 38.7 Å².